The monoisotopic (exact) mass is 335 g/mol. The van der Waals surface area contributed by atoms with Gasteiger partial charge >= 0.3 is 5.97 Å². The summed E-state index contributed by atoms with van der Waals surface area (Å²) in [6.07, 6.45) is 0. The Morgan fingerprint density at radius 3 is 2.83 bits per heavy atom. The molecule has 1 N–H and O–H groups in total. The summed E-state index contributed by atoms with van der Waals surface area (Å²) >= 11 is 5.97. The summed E-state index contributed by atoms with van der Waals surface area (Å²) in [4.78, 5) is 38.2. The number of hydrogen-bond acceptors (Lipinski definition) is 6. The van der Waals surface area contributed by atoms with Gasteiger partial charge in [0.15, 0.2) is 5.71 Å². The molecular weight excluding hydrogens is 322 g/mol. The van der Waals surface area contributed by atoms with Crippen molar-refractivity contribution in [2.75, 3.05) is 11.5 Å². The van der Waals surface area contributed by atoms with Crippen molar-refractivity contribution in [1.29, 1.82) is 0 Å². The maximum Gasteiger partial charge on any atom is 0.355 e. The van der Waals surface area contributed by atoms with Gasteiger partial charge in [0.2, 0.25) is 5.91 Å². The normalized spacial score (nSPS) is 22.7. The lowest BCUT2D eigenvalue weighted by Crippen LogP contribution is -2.36. The molecule has 2 amide bonds. The van der Waals surface area contributed by atoms with Crippen LogP contribution in [-0.2, 0) is 19.1 Å². The summed E-state index contributed by atoms with van der Waals surface area (Å²) in [5.41, 5.74) is 3.63. The van der Waals surface area contributed by atoms with Gasteiger partial charge in [-0.25, -0.2) is 9.69 Å². The fourth-order valence-corrected chi connectivity index (χ4v) is 2.89. The van der Waals surface area contributed by atoms with Crippen LogP contribution in [0.25, 0.3) is 0 Å². The molecular formula is C15H14ClN3O4. The summed E-state index contributed by atoms with van der Waals surface area (Å²) < 4.78 is 4.89. The van der Waals surface area contributed by atoms with Crippen molar-refractivity contribution < 1.29 is 19.1 Å². The highest BCUT2D eigenvalue weighted by Crippen LogP contribution is 2.33. The van der Waals surface area contributed by atoms with Gasteiger partial charge in [0.25, 0.3) is 5.91 Å². The Balaban J connectivity index is 1.97. The van der Waals surface area contributed by atoms with E-state index in [0.29, 0.717) is 10.7 Å². The number of fused-ring (bicyclic) bond motifs is 1. The van der Waals surface area contributed by atoms with Gasteiger partial charge in [-0.3, -0.25) is 15.0 Å². The van der Waals surface area contributed by atoms with Gasteiger partial charge in [-0.15, -0.1) is 0 Å². The largest absolute Gasteiger partial charge is 0.461 e. The van der Waals surface area contributed by atoms with Gasteiger partial charge < -0.3 is 4.74 Å². The van der Waals surface area contributed by atoms with E-state index in [1.807, 2.05) is 0 Å². The number of ether oxygens (including phenoxy) is 1. The number of aryl methyl sites for hydroxylation is 1. The van der Waals surface area contributed by atoms with Crippen molar-refractivity contribution in [1.82, 2.24) is 5.43 Å². The second-order valence-electron chi connectivity index (χ2n) is 5.24. The SMILES string of the molecule is CCOC(=O)C1=NN[C@@H]2C(=O)N(c3cc(Cl)ccc3C)C(=O)[C@H]12. The molecule has 0 spiro atoms. The number of nitrogens with one attached hydrogen (secondary N) is 1. The maximum atomic E-state index is 12.7. The van der Waals surface area contributed by atoms with Gasteiger partial charge in [-0.2, -0.15) is 5.10 Å². The number of imide groups is 1. The van der Waals surface area contributed by atoms with Crippen LogP contribution in [0.3, 0.4) is 0 Å². The van der Waals surface area contributed by atoms with Crippen molar-refractivity contribution in [3.05, 3.63) is 28.8 Å². The number of rotatable bonds is 3. The first-order valence-electron chi connectivity index (χ1n) is 7.10. The third-order valence-corrected chi connectivity index (χ3v) is 4.06. The number of hydrogen-bond donors (Lipinski definition) is 1. The zero-order valence-electron chi connectivity index (χ0n) is 12.5. The highest BCUT2D eigenvalue weighted by atomic mass is 35.5. The molecule has 3 rings (SSSR count). The van der Waals surface area contributed by atoms with Gasteiger partial charge in [0.1, 0.15) is 12.0 Å². The van der Waals surface area contributed by atoms with E-state index < -0.39 is 29.7 Å². The topological polar surface area (TPSA) is 88.1 Å². The van der Waals surface area contributed by atoms with Gasteiger partial charge in [-0.1, -0.05) is 17.7 Å². The lowest BCUT2D eigenvalue weighted by atomic mass is 9.99. The zero-order chi connectivity index (χ0) is 16.7. The average Bonchev–Trinajstić information content (AvgIpc) is 3.04. The van der Waals surface area contributed by atoms with Crippen LogP contribution in [-0.4, -0.2) is 36.1 Å². The first-order valence-corrected chi connectivity index (χ1v) is 7.47. The van der Waals surface area contributed by atoms with E-state index >= 15 is 0 Å². The summed E-state index contributed by atoms with van der Waals surface area (Å²) in [6, 6.07) is 4.06. The Hall–Kier alpha value is -2.41. The molecule has 0 unspecified atom stereocenters. The van der Waals surface area contributed by atoms with Gasteiger partial charge in [0, 0.05) is 5.02 Å². The Morgan fingerprint density at radius 2 is 2.13 bits per heavy atom. The maximum absolute atomic E-state index is 12.7. The lowest BCUT2D eigenvalue weighted by molar-refractivity contribution is -0.136. The molecule has 0 saturated carbocycles. The predicted octanol–water partition coefficient (Wildman–Crippen LogP) is 1.03. The zero-order valence-corrected chi connectivity index (χ0v) is 13.3. The van der Waals surface area contributed by atoms with Crippen LogP contribution in [0.15, 0.2) is 23.3 Å². The lowest BCUT2D eigenvalue weighted by Gasteiger charge is -2.18. The van der Waals surface area contributed by atoms with E-state index in [-0.39, 0.29) is 12.3 Å². The number of amides is 2. The number of esters is 1. The summed E-state index contributed by atoms with van der Waals surface area (Å²) in [5, 5.41) is 4.22. The molecule has 8 heteroatoms. The van der Waals surface area contributed by atoms with E-state index in [1.165, 1.54) is 0 Å². The molecule has 7 nitrogen and oxygen atoms in total. The number of carbonyl (C=O) groups excluding carboxylic acids is 3. The van der Waals surface area contributed by atoms with E-state index in [2.05, 4.69) is 10.5 Å². The average molecular weight is 336 g/mol. The minimum absolute atomic E-state index is 0.0719. The molecule has 1 aromatic carbocycles. The molecule has 1 aromatic rings. The molecule has 23 heavy (non-hydrogen) atoms. The van der Waals surface area contributed by atoms with Crippen LogP contribution in [0.2, 0.25) is 5.02 Å². The Bertz CT molecular complexity index is 746. The van der Waals surface area contributed by atoms with Crippen LogP contribution in [0.1, 0.15) is 12.5 Å². The highest BCUT2D eigenvalue weighted by Gasteiger charge is 2.56. The molecule has 1 fully saturated rings. The number of nitrogens with zero attached hydrogens (tertiary/aromatic N) is 2. The third kappa shape index (κ3) is 2.37. The fourth-order valence-electron chi connectivity index (χ4n) is 2.72. The number of halogens is 1. The number of hydrazone groups is 1. The molecule has 1 saturated heterocycles. The molecule has 2 aliphatic rings. The molecule has 2 heterocycles. The standard InChI is InChI=1S/C15H14ClN3O4/c1-3-23-15(22)12-10-11(17-18-12)14(21)19(13(10)20)9-6-8(16)5-4-7(9)2/h4-6,10-11,17H,3H2,1-2H3/t10-,11-/m0/s1. The Morgan fingerprint density at radius 1 is 1.39 bits per heavy atom. The summed E-state index contributed by atoms with van der Waals surface area (Å²) in [5.74, 6) is -2.64. The van der Waals surface area contributed by atoms with Crippen molar-refractivity contribution in [3.8, 4) is 0 Å². The van der Waals surface area contributed by atoms with Crippen LogP contribution >= 0.6 is 11.6 Å². The van der Waals surface area contributed by atoms with E-state index in [0.717, 1.165) is 10.5 Å². The highest BCUT2D eigenvalue weighted by molar-refractivity contribution is 6.46. The summed E-state index contributed by atoms with van der Waals surface area (Å²) in [6.45, 7) is 3.59. The van der Waals surface area contributed by atoms with Crippen LogP contribution < -0.4 is 10.3 Å². The molecule has 120 valence electrons. The van der Waals surface area contributed by atoms with Crippen molar-refractivity contribution >= 4 is 40.8 Å². The predicted molar refractivity (Wildman–Crippen MR) is 83.2 cm³/mol. The van der Waals surface area contributed by atoms with Gasteiger partial charge in [0.05, 0.1) is 12.3 Å². The molecule has 0 radical (unpaired) electrons. The molecule has 0 aliphatic carbocycles. The second kappa shape index (κ2) is 5.66. The van der Waals surface area contributed by atoms with Crippen molar-refractivity contribution in [3.63, 3.8) is 0 Å². The van der Waals surface area contributed by atoms with E-state index in [4.69, 9.17) is 16.3 Å². The van der Waals surface area contributed by atoms with E-state index in [1.54, 1.807) is 32.0 Å². The molecule has 0 bridgehead atoms. The molecule has 2 atom stereocenters. The van der Waals surface area contributed by atoms with Crippen LogP contribution in [0.5, 0.6) is 0 Å². The fraction of sp³-hybridized carbons (Fsp3) is 0.333. The molecule has 0 aromatic heterocycles. The van der Waals surface area contributed by atoms with Crippen molar-refractivity contribution in [2.45, 2.75) is 19.9 Å². The third-order valence-electron chi connectivity index (χ3n) is 3.82. The van der Waals surface area contributed by atoms with Gasteiger partial charge in [-0.05, 0) is 31.5 Å². The minimum atomic E-state index is -0.972. The van der Waals surface area contributed by atoms with E-state index in [9.17, 15) is 14.4 Å². The van der Waals surface area contributed by atoms with Crippen molar-refractivity contribution in [2.24, 2.45) is 11.0 Å². The quantitative estimate of drug-likeness (QED) is 0.658. The minimum Gasteiger partial charge on any atom is -0.461 e. The Kier molecular flexibility index (Phi) is 3.81. The van der Waals surface area contributed by atoms with Crippen LogP contribution in [0, 0.1) is 12.8 Å². The smallest absolute Gasteiger partial charge is 0.355 e. The first kappa shape index (κ1) is 15.5. The summed E-state index contributed by atoms with van der Waals surface area (Å²) in [7, 11) is 0. The first-order chi connectivity index (χ1) is 11.0. The molecule has 2 aliphatic heterocycles. The number of carbonyl (C=O) groups is 3. The number of benzene rings is 1. The van der Waals surface area contributed by atoms with Crippen LogP contribution in [0.4, 0.5) is 5.69 Å². The second-order valence-corrected chi connectivity index (χ2v) is 5.68. The number of anilines is 1. The Labute approximate surface area is 137 Å².